The molecule has 0 aromatic carbocycles. The number of aliphatic hydroxyl groups excluding tert-OH is 3. The van der Waals surface area contributed by atoms with Crippen molar-refractivity contribution in [1.82, 2.24) is 0 Å². The first-order valence-corrected chi connectivity index (χ1v) is 5.40. The summed E-state index contributed by atoms with van der Waals surface area (Å²) in [5.74, 6) is -2.29. The lowest BCUT2D eigenvalue weighted by Gasteiger charge is -2.06. The maximum Gasteiger partial charge on any atom is 0.346 e. The Morgan fingerprint density at radius 1 is 1.16 bits per heavy atom. The van der Waals surface area contributed by atoms with Gasteiger partial charge in [0.05, 0.1) is 0 Å². The van der Waals surface area contributed by atoms with Gasteiger partial charge >= 0.3 is 11.9 Å². The molecule has 7 nitrogen and oxygen atoms in total. The van der Waals surface area contributed by atoms with E-state index in [0.29, 0.717) is 6.42 Å². The molecule has 0 fully saturated rings. The van der Waals surface area contributed by atoms with Crippen molar-refractivity contribution in [2.45, 2.75) is 6.42 Å². The van der Waals surface area contributed by atoms with Crippen LogP contribution < -0.4 is 0 Å². The Kier molecular flexibility index (Phi) is 19.9. The first-order chi connectivity index (χ1) is 8.76. The molecule has 0 aliphatic rings. The van der Waals surface area contributed by atoms with Crippen molar-refractivity contribution in [1.29, 1.82) is 0 Å². The number of rotatable bonds is 6. The van der Waals surface area contributed by atoms with Gasteiger partial charge in [0.25, 0.3) is 0 Å². The highest BCUT2D eigenvalue weighted by Crippen LogP contribution is 1.97. The molecular formula is C11H19ClO7. The zero-order chi connectivity index (χ0) is 15.8. The molecule has 0 rings (SSSR count). The van der Waals surface area contributed by atoms with E-state index in [1.165, 1.54) is 0 Å². The van der Waals surface area contributed by atoms with Crippen molar-refractivity contribution in [2.24, 2.45) is 5.92 Å². The van der Waals surface area contributed by atoms with Crippen LogP contribution in [0.2, 0.25) is 0 Å². The summed E-state index contributed by atoms with van der Waals surface area (Å²) in [5, 5.41) is 40.1. The summed E-state index contributed by atoms with van der Waals surface area (Å²) >= 11 is 4.82. The van der Waals surface area contributed by atoms with Crippen LogP contribution in [-0.2, 0) is 9.59 Å². The SMILES string of the molecule is C=C(Cl)C(=O)O.C=CC(=O)O.OCCC(CO)CO. The summed E-state index contributed by atoms with van der Waals surface area (Å²) in [5.41, 5.74) is 0. The molecule has 0 amide bonds. The van der Waals surface area contributed by atoms with Gasteiger partial charge in [-0.3, -0.25) is 0 Å². The molecule has 112 valence electrons. The van der Waals surface area contributed by atoms with Gasteiger partial charge in [-0.25, -0.2) is 9.59 Å². The first kappa shape index (κ1) is 22.7. The number of aliphatic carboxylic acids is 2. The van der Waals surface area contributed by atoms with E-state index in [1.54, 1.807) is 0 Å². The van der Waals surface area contributed by atoms with Gasteiger partial charge < -0.3 is 25.5 Å². The van der Waals surface area contributed by atoms with E-state index in [4.69, 9.17) is 37.1 Å². The van der Waals surface area contributed by atoms with Crippen LogP contribution in [0.4, 0.5) is 0 Å². The zero-order valence-corrected chi connectivity index (χ0v) is 11.1. The number of carbonyl (C=O) groups is 2. The topological polar surface area (TPSA) is 135 Å². The van der Waals surface area contributed by atoms with E-state index in [9.17, 15) is 9.59 Å². The molecule has 0 saturated carbocycles. The summed E-state index contributed by atoms with van der Waals surface area (Å²) in [4.78, 5) is 18.7. The fraction of sp³-hybridized carbons (Fsp3) is 0.455. The van der Waals surface area contributed by atoms with Crippen molar-refractivity contribution >= 4 is 23.5 Å². The Morgan fingerprint density at radius 3 is 1.53 bits per heavy atom. The zero-order valence-electron chi connectivity index (χ0n) is 10.3. The Hall–Kier alpha value is -1.41. The minimum absolute atomic E-state index is 0.0335. The van der Waals surface area contributed by atoms with E-state index < -0.39 is 11.9 Å². The van der Waals surface area contributed by atoms with Gasteiger partial charge in [0.15, 0.2) is 0 Å². The van der Waals surface area contributed by atoms with Gasteiger partial charge in [-0.2, -0.15) is 0 Å². The van der Waals surface area contributed by atoms with Gasteiger partial charge in [0.2, 0.25) is 0 Å². The summed E-state index contributed by atoms with van der Waals surface area (Å²) in [7, 11) is 0. The quantitative estimate of drug-likeness (QED) is 0.437. The minimum atomic E-state index is -1.17. The van der Waals surface area contributed by atoms with Crippen molar-refractivity contribution in [3.05, 3.63) is 24.3 Å². The van der Waals surface area contributed by atoms with Crippen LogP contribution in [0.25, 0.3) is 0 Å². The molecule has 0 aliphatic heterocycles. The monoisotopic (exact) mass is 298 g/mol. The maximum atomic E-state index is 9.47. The van der Waals surface area contributed by atoms with Crippen LogP contribution in [-0.4, -0.2) is 57.3 Å². The minimum Gasteiger partial charge on any atom is -0.478 e. The predicted molar refractivity (Wildman–Crippen MR) is 69.8 cm³/mol. The first-order valence-electron chi connectivity index (χ1n) is 5.02. The highest BCUT2D eigenvalue weighted by Gasteiger charge is 2.02. The summed E-state index contributed by atoms with van der Waals surface area (Å²) < 4.78 is 0. The molecular weight excluding hydrogens is 280 g/mol. The third-order valence-electron chi connectivity index (χ3n) is 1.46. The smallest absolute Gasteiger partial charge is 0.346 e. The van der Waals surface area contributed by atoms with E-state index in [1.807, 2.05) is 0 Å². The van der Waals surface area contributed by atoms with Crippen LogP contribution in [0.1, 0.15) is 6.42 Å². The fourth-order valence-corrected chi connectivity index (χ4v) is 0.423. The van der Waals surface area contributed by atoms with Crippen LogP contribution in [0, 0.1) is 5.92 Å². The van der Waals surface area contributed by atoms with Crippen molar-refractivity contribution in [3.63, 3.8) is 0 Å². The lowest BCUT2D eigenvalue weighted by Crippen LogP contribution is -2.12. The number of aliphatic hydroxyl groups is 3. The maximum absolute atomic E-state index is 9.47. The number of halogens is 1. The van der Waals surface area contributed by atoms with Crippen LogP contribution in [0.5, 0.6) is 0 Å². The summed E-state index contributed by atoms with van der Waals surface area (Å²) in [6.45, 7) is 5.83. The molecule has 0 radical (unpaired) electrons. The lowest BCUT2D eigenvalue weighted by molar-refractivity contribution is -0.132. The third kappa shape index (κ3) is 26.3. The second-order valence-corrected chi connectivity index (χ2v) is 3.45. The van der Waals surface area contributed by atoms with Gasteiger partial charge in [-0.1, -0.05) is 24.8 Å². The van der Waals surface area contributed by atoms with Gasteiger partial charge in [-0.05, 0) is 6.42 Å². The van der Waals surface area contributed by atoms with E-state index in [0.717, 1.165) is 6.08 Å². The van der Waals surface area contributed by atoms with Crippen molar-refractivity contribution in [3.8, 4) is 0 Å². The Bertz CT molecular complexity index is 262. The van der Waals surface area contributed by atoms with Crippen molar-refractivity contribution in [2.75, 3.05) is 19.8 Å². The molecule has 19 heavy (non-hydrogen) atoms. The molecule has 0 saturated heterocycles. The van der Waals surface area contributed by atoms with E-state index >= 15 is 0 Å². The summed E-state index contributed by atoms with van der Waals surface area (Å²) in [6.07, 6.45) is 1.31. The second-order valence-electron chi connectivity index (χ2n) is 3.00. The number of hydrogen-bond donors (Lipinski definition) is 5. The standard InChI is InChI=1S/C5H12O3.C3H3ClO2.C3H4O2/c6-2-1-5(3-7)4-8;1-2(4)3(5)6;1-2-3(4)5/h5-8H,1-4H2;1H2,(H,5,6);2H,1H2,(H,4,5). The molecule has 0 heterocycles. The highest BCUT2D eigenvalue weighted by molar-refractivity contribution is 6.40. The normalized spacial score (nSPS) is 8.47. The molecule has 0 aliphatic carbocycles. The fourth-order valence-electron chi connectivity index (χ4n) is 0.423. The number of carboxylic acids is 2. The Morgan fingerprint density at radius 2 is 1.47 bits per heavy atom. The largest absolute Gasteiger partial charge is 0.478 e. The van der Waals surface area contributed by atoms with Crippen molar-refractivity contribution < 1.29 is 35.1 Å². The second kappa shape index (κ2) is 16.6. The van der Waals surface area contributed by atoms with E-state index in [2.05, 4.69) is 13.2 Å². The highest BCUT2D eigenvalue weighted by atomic mass is 35.5. The van der Waals surface area contributed by atoms with E-state index in [-0.39, 0.29) is 30.8 Å². The van der Waals surface area contributed by atoms with Crippen LogP contribution >= 0.6 is 11.6 Å². The van der Waals surface area contributed by atoms with Crippen LogP contribution in [0.15, 0.2) is 24.3 Å². The third-order valence-corrected chi connectivity index (χ3v) is 1.62. The Balaban J connectivity index is -0.000000209. The van der Waals surface area contributed by atoms with Crippen LogP contribution in [0.3, 0.4) is 0 Å². The molecule has 0 atom stereocenters. The average Bonchev–Trinajstić information content (AvgIpc) is 2.37. The van der Waals surface area contributed by atoms with Gasteiger partial charge in [0, 0.05) is 31.8 Å². The molecule has 0 aromatic rings. The molecule has 0 aromatic heterocycles. The molecule has 5 N–H and O–H groups in total. The average molecular weight is 299 g/mol. The Labute approximate surface area is 116 Å². The van der Waals surface area contributed by atoms with Gasteiger partial charge in [0.1, 0.15) is 5.03 Å². The lowest BCUT2D eigenvalue weighted by atomic mass is 10.1. The molecule has 0 unspecified atom stereocenters. The number of carboxylic acid groups (broad SMARTS) is 2. The molecule has 0 bridgehead atoms. The summed E-state index contributed by atoms with van der Waals surface area (Å²) in [6, 6.07) is 0. The molecule has 8 heteroatoms. The number of hydrogen-bond acceptors (Lipinski definition) is 5. The predicted octanol–water partition coefficient (Wildman–Crippen LogP) is 0.0501. The van der Waals surface area contributed by atoms with Gasteiger partial charge in [-0.15, -0.1) is 0 Å². The molecule has 0 spiro atoms.